The van der Waals surface area contributed by atoms with Gasteiger partial charge >= 0.3 is 0 Å². The maximum atomic E-state index is 6.55. The molecule has 0 N–H and O–H groups in total. The largest absolute Gasteiger partial charge is 0.465 e. The molecule has 2 aromatic carbocycles. The summed E-state index contributed by atoms with van der Waals surface area (Å²) in [6, 6.07) is 19.3. The summed E-state index contributed by atoms with van der Waals surface area (Å²) in [5, 5.41) is 0. The van der Waals surface area contributed by atoms with E-state index in [-0.39, 0.29) is 11.7 Å². The molecule has 0 aliphatic heterocycles. The molecule has 1 fully saturated rings. The van der Waals surface area contributed by atoms with Crippen LogP contribution in [0.1, 0.15) is 104 Å². The van der Waals surface area contributed by atoms with Crippen LogP contribution in [0.5, 0.6) is 5.75 Å². The van der Waals surface area contributed by atoms with Gasteiger partial charge in [-0.2, -0.15) is 0 Å². The SMILES string of the molecule is CC(C1CCCCC1)C(OCc1ccccc1)Oc1ccc(C(CC(C)(C)C)C(C)(C)C)cc1. The van der Waals surface area contributed by atoms with Gasteiger partial charge in [0.15, 0.2) is 0 Å². The molecule has 3 atom stereocenters. The van der Waals surface area contributed by atoms with Crippen LogP contribution in [-0.4, -0.2) is 6.29 Å². The Bertz CT molecular complexity index is 835. The van der Waals surface area contributed by atoms with Crippen LogP contribution in [0.2, 0.25) is 0 Å². The van der Waals surface area contributed by atoms with Gasteiger partial charge in [-0.3, -0.25) is 0 Å². The number of hydrogen-bond donors (Lipinski definition) is 0. The maximum absolute atomic E-state index is 6.55. The van der Waals surface area contributed by atoms with E-state index in [1.165, 1.54) is 43.2 Å². The van der Waals surface area contributed by atoms with E-state index in [1.807, 2.05) is 6.07 Å². The number of ether oxygens (including phenoxy) is 2. The normalized spacial score (nSPS) is 18.3. The molecule has 0 spiro atoms. The van der Waals surface area contributed by atoms with Crippen molar-refractivity contribution in [2.24, 2.45) is 22.7 Å². The van der Waals surface area contributed by atoms with Crippen molar-refractivity contribution in [2.45, 2.75) is 106 Å². The number of hydrogen-bond acceptors (Lipinski definition) is 2. The quantitative estimate of drug-likeness (QED) is 0.344. The van der Waals surface area contributed by atoms with E-state index in [2.05, 4.69) is 97.0 Å². The molecule has 188 valence electrons. The third-order valence-corrected chi connectivity index (χ3v) is 7.48. The van der Waals surface area contributed by atoms with Crippen molar-refractivity contribution in [1.29, 1.82) is 0 Å². The van der Waals surface area contributed by atoms with Crippen LogP contribution in [0.15, 0.2) is 54.6 Å². The van der Waals surface area contributed by atoms with Crippen LogP contribution < -0.4 is 4.74 Å². The topological polar surface area (TPSA) is 18.5 Å². The molecule has 1 saturated carbocycles. The summed E-state index contributed by atoms with van der Waals surface area (Å²) in [5.74, 6) is 2.46. The third-order valence-electron chi connectivity index (χ3n) is 7.48. The highest BCUT2D eigenvalue weighted by atomic mass is 16.7. The highest BCUT2D eigenvalue weighted by molar-refractivity contribution is 5.31. The average Bonchev–Trinajstić information content (AvgIpc) is 2.80. The highest BCUT2D eigenvalue weighted by Gasteiger charge is 2.31. The first-order valence-electron chi connectivity index (χ1n) is 13.4. The van der Waals surface area contributed by atoms with Gasteiger partial charge in [0.25, 0.3) is 0 Å². The second-order valence-electron chi connectivity index (χ2n) is 12.8. The van der Waals surface area contributed by atoms with Gasteiger partial charge in [-0.1, -0.05) is 110 Å². The zero-order valence-corrected chi connectivity index (χ0v) is 22.8. The van der Waals surface area contributed by atoms with Gasteiger partial charge in [0.05, 0.1) is 6.61 Å². The van der Waals surface area contributed by atoms with E-state index in [9.17, 15) is 0 Å². The van der Waals surface area contributed by atoms with Crippen molar-refractivity contribution in [2.75, 3.05) is 0 Å². The summed E-state index contributed by atoms with van der Waals surface area (Å²) in [6.07, 6.45) is 7.53. The average molecular weight is 465 g/mol. The molecule has 3 unspecified atom stereocenters. The fourth-order valence-corrected chi connectivity index (χ4v) is 5.38. The number of benzene rings is 2. The zero-order chi connectivity index (χ0) is 24.8. The van der Waals surface area contributed by atoms with Crippen molar-refractivity contribution in [3.63, 3.8) is 0 Å². The molecular formula is C32H48O2. The smallest absolute Gasteiger partial charge is 0.202 e. The fraction of sp³-hybridized carbons (Fsp3) is 0.625. The minimum atomic E-state index is -0.234. The predicted octanol–water partition coefficient (Wildman–Crippen LogP) is 9.39. The first-order valence-corrected chi connectivity index (χ1v) is 13.4. The van der Waals surface area contributed by atoms with Crippen LogP contribution in [0, 0.1) is 22.7 Å². The van der Waals surface area contributed by atoms with Crippen LogP contribution in [0.3, 0.4) is 0 Å². The predicted molar refractivity (Wildman–Crippen MR) is 144 cm³/mol. The summed E-state index contributed by atoms with van der Waals surface area (Å²) >= 11 is 0. The van der Waals surface area contributed by atoms with E-state index in [0.29, 0.717) is 29.8 Å². The Balaban J connectivity index is 1.75. The Kier molecular flexibility index (Phi) is 9.27. The second kappa shape index (κ2) is 11.8. The zero-order valence-electron chi connectivity index (χ0n) is 22.8. The maximum Gasteiger partial charge on any atom is 0.202 e. The van der Waals surface area contributed by atoms with E-state index in [1.54, 1.807) is 0 Å². The summed E-state index contributed by atoms with van der Waals surface area (Å²) in [4.78, 5) is 0. The summed E-state index contributed by atoms with van der Waals surface area (Å²) in [5.41, 5.74) is 3.10. The second-order valence-corrected chi connectivity index (χ2v) is 12.8. The van der Waals surface area contributed by atoms with Crippen molar-refractivity contribution in [3.05, 3.63) is 65.7 Å². The minimum Gasteiger partial charge on any atom is -0.465 e. The Morgan fingerprint density at radius 3 is 2.00 bits per heavy atom. The van der Waals surface area contributed by atoms with Crippen LogP contribution in [0.25, 0.3) is 0 Å². The lowest BCUT2D eigenvalue weighted by atomic mass is 9.69. The van der Waals surface area contributed by atoms with Crippen LogP contribution in [0.4, 0.5) is 0 Å². The van der Waals surface area contributed by atoms with Gasteiger partial charge in [-0.15, -0.1) is 0 Å². The van der Waals surface area contributed by atoms with Crippen LogP contribution in [-0.2, 0) is 11.3 Å². The van der Waals surface area contributed by atoms with Gasteiger partial charge in [0.1, 0.15) is 5.75 Å². The molecular weight excluding hydrogens is 416 g/mol. The Morgan fingerprint density at radius 1 is 0.824 bits per heavy atom. The minimum absolute atomic E-state index is 0.215. The van der Waals surface area contributed by atoms with Crippen molar-refractivity contribution in [1.82, 2.24) is 0 Å². The number of rotatable bonds is 9. The first kappa shape index (κ1) is 26.8. The van der Waals surface area contributed by atoms with E-state index in [0.717, 1.165) is 12.2 Å². The molecule has 2 aromatic rings. The highest BCUT2D eigenvalue weighted by Crippen LogP contribution is 2.43. The van der Waals surface area contributed by atoms with E-state index >= 15 is 0 Å². The Morgan fingerprint density at radius 2 is 1.44 bits per heavy atom. The lowest BCUT2D eigenvalue weighted by Crippen LogP contribution is -2.34. The molecule has 2 heteroatoms. The van der Waals surface area contributed by atoms with Crippen LogP contribution >= 0.6 is 0 Å². The molecule has 2 nitrogen and oxygen atoms in total. The Hall–Kier alpha value is -1.80. The standard InChI is InChI=1S/C32H48O2/c1-24(26-16-12-9-13-17-26)30(33-23-25-14-10-8-11-15-25)34-28-20-18-27(19-21-28)29(32(5,6)7)22-31(2,3)4/h8,10-11,14-15,18-21,24,26,29-30H,9,12-13,16-17,22-23H2,1-7H3. The molecule has 0 saturated heterocycles. The molecule has 1 aliphatic rings. The Labute approximate surface area is 209 Å². The molecule has 34 heavy (non-hydrogen) atoms. The van der Waals surface area contributed by atoms with Gasteiger partial charge in [-0.25, -0.2) is 0 Å². The molecule has 0 bridgehead atoms. The van der Waals surface area contributed by atoms with Gasteiger partial charge in [0, 0.05) is 5.92 Å². The lowest BCUT2D eigenvalue weighted by Gasteiger charge is -2.36. The van der Waals surface area contributed by atoms with Crippen molar-refractivity contribution >= 4 is 0 Å². The third kappa shape index (κ3) is 8.15. The monoisotopic (exact) mass is 464 g/mol. The summed E-state index contributed by atoms with van der Waals surface area (Å²) < 4.78 is 13.0. The van der Waals surface area contributed by atoms with Crippen molar-refractivity contribution in [3.8, 4) is 5.75 Å². The summed E-state index contributed by atoms with van der Waals surface area (Å²) in [7, 11) is 0. The van der Waals surface area contributed by atoms with Gasteiger partial charge < -0.3 is 9.47 Å². The van der Waals surface area contributed by atoms with Gasteiger partial charge in [-0.05, 0) is 65.2 Å². The molecule has 0 radical (unpaired) electrons. The van der Waals surface area contributed by atoms with E-state index < -0.39 is 0 Å². The molecule has 3 rings (SSSR count). The fourth-order valence-electron chi connectivity index (χ4n) is 5.38. The first-order chi connectivity index (χ1) is 16.0. The molecule has 0 aromatic heterocycles. The molecule has 1 aliphatic carbocycles. The molecule has 0 amide bonds. The van der Waals surface area contributed by atoms with Crippen molar-refractivity contribution < 1.29 is 9.47 Å². The lowest BCUT2D eigenvalue weighted by molar-refractivity contribution is -0.135. The van der Waals surface area contributed by atoms with E-state index in [4.69, 9.17) is 9.47 Å². The van der Waals surface area contributed by atoms with Gasteiger partial charge in [0.2, 0.25) is 6.29 Å². The molecule has 0 heterocycles. The summed E-state index contributed by atoms with van der Waals surface area (Å²) in [6.45, 7) is 17.0.